The summed E-state index contributed by atoms with van der Waals surface area (Å²) in [5.74, 6) is 6.55. The maximum absolute atomic E-state index is 5.91. The van der Waals surface area contributed by atoms with Gasteiger partial charge in [-0.3, -0.25) is 10.3 Å². The fraction of sp³-hybridized carbons (Fsp3) is 0.692. The number of aromatic nitrogens is 2. The van der Waals surface area contributed by atoms with Crippen LogP contribution in [0.3, 0.4) is 0 Å². The molecule has 1 aromatic rings. The SMILES string of the molecule is Cc1cc(NCC2CN3CCCC3CO2)nc(NN)n1. The molecular weight excluding hydrogens is 256 g/mol. The molecule has 0 spiro atoms. The summed E-state index contributed by atoms with van der Waals surface area (Å²) >= 11 is 0. The second kappa shape index (κ2) is 5.90. The number of rotatable bonds is 4. The second-order valence-electron chi connectivity index (χ2n) is 5.49. The predicted molar refractivity (Wildman–Crippen MR) is 77.4 cm³/mol. The second-order valence-corrected chi connectivity index (χ2v) is 5.49. The molecule has 0 bridgehead atoms. The van der Waals surface area contributed by atoms with E-state index in [-0.39, 0.29) is 6.10 Å². The first-order chi connectivity index (χ1) is 9.74. The van der Waals surface area contributed by atoms with Crippen molar-refractivity contribution < 1.29 is 4.74 Å². The number of hydrazine groups is 1. The van der Waals surface area contributed by atoms with Gasteiger partial charge in [0.05, 0.1) is 12.7 Å². The topological polar surface area (TPSA) is 88.3 Å². The van der Waals surface area contributed by atoms with E-state index in [9.17, 15) is 0 Å². The summed E-state index contributed by atoms with van der Waals surface area (Å²) in [7, 11) is 0. The summed E-state index contributed by atoms with van der Waals surface area (Å²) in [6, 6.07) is 2.54. The molecule has 2 saturated heterocycles. The summed E-state index contributed by atoms with van der Waals surface area (Å²) in [6.45, 7) is 5.73. The fourth-order valence-electron chi connectivity index (χ4n) is 2.95. The summed E-state index contributed by atoms with van der Waals surface area (Å²) in [5.41, 5.74) is 3.35. The van der Waals surface area contributed by atoms with Gasteiger partial charge in [-0.25, -0.2) is 10.8 Å². The first kappa shape index (κ1) is 13.5. The molecule has 0 radical (unpaired) electrons. The average Bonchev–Trinajstić information content (AvgIpc) is 2.92. The Bertz CT molecular complexity index is 468. The van der Waals surface area contributed by atoms with Crippen molar-refractivity contribution in [3.05, 3.63) is 11.8 Å². The highest BCUT2D eigenvalue weighted by molar-refractivity contribution is 5.41. The van der Waals surface area contributed by atoms with Crippen LogP contribution in [0.15, 0.2) is 6.07 Å². The minimum atomic E-state index is 0.217. The molecule has 4 N–H and O–H groups in total. The lowest BCUT2D eigenvalue weighted by Gasteiger charge is -2.35. The highest BCUT2D eigenvalue weighted by Gasteiger charge is 2.31. The lowest BCUT2D eigenvalue weighted by Crippen LogP contribution is -2.48. The summed E-state index contributed by atoms with van der Waals surface area (Å²) in [4.78, 5) is 11.0. The van der Waals surface area contributed by atoms with E-state index >= 15 is 0 Å². The van der Waals surface area contributed by atoms with Gasteiger partial charge in [0, 0.05) is 30.9 Å². The van der Waals surface area contributed by atoms with Gasteiger partial charge in [0.1, 0.15) is 5.82 Å². The molecule has 3 rings (SSSR count). The first-order valence-corrected chi connectivity index (χ1v) is 7.16. The highest BCUT2D eigenvalue weighted by atomic mass is 16.5. The van der Waals surface area contributed by atoms with E-state index in [0.717, 1.165) is 31.2 Å². The Kier molecular flexibility index (Phi) is 4.00. The van der Waals surface area contributed by atoms with Crippen molar-refractivity contribution in [1.82, 2.24) is 14.9 Å². The third kappa shape index (κ3) is 3.00. The third-order valence-electron chi connectivity index (χ3n) is 3.96. The Balaban J connectivity index is 1.55. The molecule has 0 saturated carbocycles. The van der Waals surface area contributed by atoms with Crippen LogP contribution in [0, 0.1) is 6.92 Å². The Morgan fingerprint density at radius 2 is 2.40 bits per heavy atom. The van der Waals surface area contributed by atoms with E-state index in [1.807, 2.05) is 13.0 Å². The molecule has 7 heteroatoms. The van der Waals surface area contributed by atoms with E-state index in [1.54, 1.807) is 0 Å². The number of nitrogen functional groups attached to an aromatic ring is 1. The molecule has 2 unspecified atom stereocenters. The van der Waals surface area contributed by atoms with Gasteiger partial charge in [0.2, 0.25) is 5.95 Å². The van der Waals surface area contributed by atoms with E-state index in [2.05, 4.69) is 25.6 Å². The van der Waals surface area contributed by atoms with Gasteiger partial charge in [-0.2, -0.15) is 4.98 Å². The molecule has 0 amide bonds. The zero-order chi connectivity index (χ0) is 13.9. The van der Waals surface area contributed by atoms with E-state index in [1.165, 1.54) is 19.4 Å². The molecule has 1 aromatic heterocycles. The van der Waals surface area contributed by atoms with Gasteiger partial charge in [-0.05, 0) is 26.3 Å². The number of nitrogens with one attached hydrogen (secondary N) is 2. The smallest absolute Gasteiger partial charge is 0.239 e. The molecule has 0 aromatic carbocycles. The largest absolute Gasteiger partial charge is 0.373 e. The van der Waals surface area contributed by atoms with Crippen molar-refractivity contribution in [3.63, 3.8) is 0 Å². The Hall–Kier alpha value is -1.44. The normalized spacial score (nSPS) is 26.3. The number of nitrogens with zero attached hydrogens (tertiary/aromatic N) is 3. The molecular formula is C13H22N6O. The number of ether oxygens (including phenoxy) is 1. The molecule has 2 fully saturated rings. The molecule has 110 valence electrons. The van der Waals surface area contributed by atoms with Crippen LogP contribution >= 0.6 is 0 Å². The fourth-order valence-corrected chi connectivity index (χ4v) is 2.95. The van der Waals surface area contributed by atoms with Gasteiger partial charge >= 0.3 is 0 Å². The first-order valence-electron chi connectivity index (χ1n) is 7.16. The van der Waals surface area contributed by atoms with Crippen LogP contribution in [0.4, 0.5) is 11.8 Å². The molecule has 2 aliphatic rings. The monoisotopic (exact) mass is 278 g/mol. The number of hydrogen-bond donors (Lipinski definition) is 3. The van der Waals surface area contributed by atoms with Crippen LogP contribution in [0.1, 0.15) is 18.5 Å². The van der Waals surface area contributed by atoms with Crippen molar-refractivity contribution in [3.8, 4) is 0 Å². The highest BCUT2D eigenvalue weighted by Crippen LogP contribution is 2.22. The van der Waals surface area contributed by atoms with Crippen LogP contribution in [-0.2, 0) is 4.74 Å². The van der Waals surface area contributed by atoms with E-state index in [0.29, 0.717) is 12.0 Å². The van der Waals surface area contributed by atoms with Crippen molar-refractivity contribution in [2.24, 2.45) is 5.84 Å². The van der Waals surface area contributed by atoms with Crippen molar-refractivity contribution in [1.29, 1.82) is 0 Å². The van der Waals surface area contributed by atoms with Crippen molar-refractivity contribution >= 4 is 11.8 Å². The van der Waals surface area contributed by atoms with E-state index < -0.39 is 0 Å². The summed E-state index contributed by atoms with van der Waals surface area (Å²) in [5, 5.41) is 3.31. The standard InChI is InChI=1S/C13H22N6O/c1-9-5-12(17-13(16-9)18-14)15-6-11-7-19-4-2-3-10(19)8-20-11/h5,10-11H,2-4,6-8,14H2,1H3,(H2,15,16,17,18). The molecule has 3 heterocycles. The van der Waals surface area contributed by atoms with Crippen LogP contribution in [0.2, 0.25) is 0 Å². The van der Waals surface area contributed by atoms with Gasteiger partial charge in [-0.15, -0.1) is 0 Å². The summed E-state index contributed by atoms with van der Waals surface area (Å²) in [6.07, 6.45) is 2.79. The van der Waals surface area contributed by atoms with Crippen molar-refractivity contribution in [2.75, 3.05) is 37.0 Å². The quantitative estimate of drug-likeness (QED) is 0.541. The maximum Gasteiger partial charge on any atom is 0.239 e. The maximum atomic E-state index is 5.91. The lowest BCUT2D eigenvalue weighted by atomic mass is 10.2. The number of anilines is 2. The van der Waals surface area contributed by atoms with Crippen LogP contribution in [-0.4, -0.2) is 53.3 Å². The van der Waals surface area contributed by atoms with Gasteiger partial charge < -0.3 is 10.1 Å². The van der Waals surface area contributed by atoms with Gasteiger partial charge in [0.15, 0.2) is 0 Å². The predicted octanol–water partition coefficient (Wildman–Crippen LogP) is 0.346. The Morgan fingerprint density at radius 1 is 1.50 bits per heavy atom. The molecule has 2 aliphatic heterocycles. The van der Waals surface area contributed by atoms with Crippen molar-refractivity contribution in [2.45, 2.75) is 31.9 Å². The van der Waals surface area contributed by atoms with E-state index in [4.69, 9.17) is 10.6 Å². The van der Waals surface area contributed by atoms with Crippen LogP contribution < -0.4 is 16.6 Å². The Labute approximate surface area is 118 Å². The number of nitrogens with two attached hydrogens (primary N) is 1. The number of hydrogen-bond acceptors (Lipinski definition) is 7. The number of aryl methyl sites for hydroxylation is 1. The average molecular weight is 278 g/mol. The van der Waals surface area contributed by atoms with Gasteiger partial charge in [0.25, 0.3) is 0 Å². The molecule has 0 aliphatic carbocycles. The Morgan fingerprint density at radius 3 is 3.25 bits per heavy atom. The van der Waals surface area contributed by atoms with Crippen LogP contribution in [0.25, 0.3) is 0 Å². The lowest BCUT2D eigenvalue weighted by molar-refractivity contribution is -0.0416. The zero-order valence-corrected chi connectivity index (χ0v) is 11.8. The van der Waals surface area contributed by atoms with Gasteiger partial charge in [-0.1, -0.05) is 0 Å². The third-order valence-corrected chi connectivity index (χ3v) is 3.96. The molecule has 7 nitrogen and oxygen atoms in total. The molecule has 20 heavy (non-hydrogen) atoms. The summed E-state index contributed by atoms with van der Waals surface area (Å²) < 4.78 is 5.91. The minimum absolute atomic E-state index is 0.217. The number of fused-ring (bicyclic) bond motifs is 1. The zero-order valence-electron chi connectivity index (χ0n) is 11.8. The van der Waals surface area contributed by atoms with Crippen LogP contribution in [0.5, 0.6) is 0 Å². The minimum Gasteiger partial charge on any atom is -0.373 e. The molecule has 2 atom stereocenters. The number of morpholine rings is 1.